The number of carbonyl (C=O) groups is 3. The number of rotatable bonds is 10. The third kappa shape index (κ3) is 11.0. The maximum atomic E-state index is 12.8. The molecule has 0 radical (unpaired) electrons. The van der Waals surface area contributed by atoms with Crippen LogP contribution in [0.2, 0.25) is 0 Å². The fraction of sp³-hybridized carbons (Fsp3) is 0.500. The number of esters is 2. The zero-order valence-corrected chi connectivity index (χ0v) is 20.4. The van der Waals surface area contributed by atoms with E-state index >= 15 is 0 Å². The Labute approximate surface area is 202 Å². The molecule has 0 aromatic heterocycles. The van der Waals surface area contributed by atoms with E-state index in [0.717, 1.165) is 5.57 Å². The second-order valence-electron chi connectivity index (χ2n) is 7.54. The Bertz CT molecular complexity index is 920. The monoisotopic (exact) mass is 503 g/mol. The van der Waals surface area contributed by atoms with Crippen LogP contribution in [0.4, 0.5) is 28.6 Å². The number of hydrogen-bond acceptors (Lipinski definition) is 6. The molecule has 8 nitrogen and oxygen atoms in total. The van der Waals surface area contributed by atoms with E-state index in [1.807, 2.05) is 13.8 Å². The third-order valence-corrected chi connectivity index (χ3v) is 4.68. The van der Waals surface area contributed by atoms with Gasteiger partial charge in [-0.15, -0.1) is 0 Å². The first-order valence-electron chi connectivity index (χ1n) is 10.8. The Kier molecular flexibility index (Phi) is 13.3. The fourth-order valence-corrected chi connectivity index (χ4v) is 2.93. The molecule has 0 aliphatic rings. The summed E-state index contributed by atoms with van der Waals surface area (Å²) in [6.07, 6.45) is 1.66. The molecule has 0 atom stereocenters. The predicted octanol–water partition coefficient (Wildman–Crippen LogP) is 5.68. The van der Waals surface area contributed by atoms with Crippen molar-refractivity contribution in [2.75, 3.05) is 25.2 Å². The maximum Gasteiger partial charge on any atom is 0.673 e. The van der Waals surface area contributed by atoms with Crippen LogP contribution in [-0.4, -0.2) is 45.4 Å². The van der Waals surface area contributed by atoms with Gasteiger partial charge < -0.3 is 31.6 Å². The summed E-state index contributed by atoms with van der Waals surface area (Å²) in [6, 6.07) is 6.60. The highest BCUT2D eigenvalue weighted by molar-refractivity contribution is 6.50. The second kappa shape index (κ2) is 14.8. The number of allylic oxidation sites excluding steroid dienone is 2. The normalized spacial score (nSPS) is 10.7. The minimum absolute atomic E-state index is 0.0734. The molecule has 0 spiro atoms. The SMILES string of the molecule is CCOC(=O)C(CC=C(C)C)(CCC(=O)N(C)c1ccccc1[N+]#N)C(=O)OCC.F[B-](F)(F)F. The predicted molar refractivity (Wildman–Crippen MR) is 124 cm³/mol. The molecule has 13 heteroatoms. The third-order valence-electron chi connectivity index (χ3n) is 4.68. The fourth-order valence-electron chi connectivity index (χ4n) is 2.93. The Morgan fingerprint density at radius 3 is 1.97 bits per heavy atom. The van der Waals surface area contributed by atoms with E-state index in [2.05, 4.69) is 4.98 Å². The Hall–Kier alpha value is -3.43. The first-order valence-corrected chi connectivity index (χ1v) is 10.8. The molecular weight excluding hydrogens is 473 g/mol. The summed E-state index contributed by atoms with van der Waals surface area (Å²) in [5, 5.41) is 9.15. The zero-order chi connectivity index (χ0) is 27.2. The number of halogens is 4. The number of para-hydroxylation sites is 1. The first kappa shape index (κ1) is 31.6. The van der Waals surface area contributed by atoms with Gasteiger partial charge in [-0.05, 0) is 46.6 Å². The van der Waals surface area contributed by atoms with Crippen molar-refractivity contribution < 1.29 is 41.1 Å². The summed E-state index contributed by atoms with van der Waals surface area (Å²) < 4.78 is 49.4. The van der Waals surface area contributed by atoms with Crippen molar-refractivity contribution in [1.29, 1.82) is 5.39 Å². The van der Waals surface area contributed by atoms with Crippen molar-refractivity contribution >= 4 is 36.5 Å². The van der Waals surface area contributed by atoms with Gasteiger partial charge in [-0.1, -0.05) is 23.8 Å². The van der Waals surface area contributed by atoms with Crippen molar-refractivity contribution in [2.24, 2.45) is 5.41 Å². The molecular formula is C22H30BF4N3O5. The molecule has 1 aromatic rings. The molecule has 0 saturated carbocycles. The minimum atomic E-state index is -6.00. The summed E-state index contributed by atoms with van der Waals surface area (Å²) in [5.41, 5.74) is -0.0392. The lowest BCUT2D eigenvalue weighted by Gasteiger charge is -2.29. The number of anilines is 1. The van der Waals surface area contributed by atoms with Crippen LogP contribution in [0.1, 0.15) is 47.0 Å². The molecule has 0 aliphatic heterocycles. The van der Waals surface area contributed by atoms with Gasteiger partial charge in [0.1, 0.15) is 5.69 Å². The molecule has 1 aromatic carbocycles. The number of amides is 1. The van der Waals surface area contributed by atoms with Crippen molar-refractivity contribution in [1.82, 2.24) is 0 Å². The second-order valence-corrected chi connectivity index (χ2v) is 7.54. The molecule has 0 fully saturated rings. The van der Waals surface area contributed by atoms with E-state index in [-0.39, 0.29) is 44.1 Å². The Balaban J connectivity index is 0.00000209. The van der Waals surface area contributed by atoms with E-state index in [0.29, 0.717) is 5.69 Å². The molecule has 0 bridgehead atoms. The van der Waals surface area contributed by atoms with Crippen LogP contribution in [0.15, 0.2) is 35.9 Å². The lowest BCUT2D eigenvalue weighted by atomic mass is 9.79. The van der Waals surface area contributed by atoms with Gasteiger partial charge in [0.2, 0.25) is 11.3 Å². The summed E-state index contributed by atoms with van der Waals surface area (Å²) in [7, 11) is -4.46. The molecule has 0 heterocycles. The maximum absolute atomic E-state index is 12.8. The smallest absolute Gasteiger partial charge is 0.465 e. The number of diazo groups is 1. The summed E-state index contributed by atoms with van der Waals surface area (Å²) in [5.74, 6) is -1.76. The number of nitrogens with zero attached hydrogens (tertiary/aromatic N) is 3. The van der Waals surface area contributed by atoms with Gasteiger partial charge in [-0.3, -0.25) is 14.4 Å². The molecule has 0 aliphatic carbocycles. The van der Waals surface area contributed by atoms with E-state index < -0.39 is 24.6 Å². The van der Waals surface area contributed by atoms with Crippen LogP contribution >= 0.6 is 0 Å². The van der Waals surface area contributed by atoms with E-state index in [1.54, 1.807) is 51.2 Å². The van der Waals surface area contributed by atoms with Crippen LogP contribution in [0.5, 0.6) is 0 Å². The molecule has 0 N–H and O–H groups in total. The molecule has 35 heavy (non-hydrogen) atoms. The summed E-state index contributed by atoms with van der Waals surface area (Å²) in [4.78, 5) is 43.0. The lowest BCUT2D eigenvalue weighted by molar-refractivity contribution is -0.172. The lowest BCUT2D eigenvalue weighted by Crippen LogP contribution is -2.43. The van der Waals surface area contributed by atoms with Crippen molar-refractivity contribution in [3.63, 3.8) is 0 Å². The summed E-state index contributed by atoms with van der Waals surface area (Å²) >= 11 is 0. The zero-order valence-electron chi connectivity index (χ0n) is 20.4. The van der Waals surface area contributed by atoms with Crippen molar-refractivity contribution in [3.8, 4) is 0 Å². The summed E-state index contributed by atoms with van der Waals surface area (Å²) in [6.45, 7) is 7.23. The van der Waals surface area contributed by atoms with Gasteiger partial charge >= 0.3 is 24.9 Å². The molecule has 194 valence electrons. The highest BCUT2D eigenvalue weighted by atomic mass is 19.5. The minimum Gasteiger partial charge on any atom is -0.465 e. The average Bonchev–Trinajstić information content (AvgIpc) is 2.77. The van der Waals surface area contributed by atoms with Crippen LogP contribution in [-0.2, 0) is 23.9 Å². The van der Waals surface area contributed by atoms with Gasteiger partial charge in [-0.25, -0.2) is 0 Å². The van der Waals surface area contributed by atoms with Gasteiger partial charge in [0.05, 0.1) is 13.2 Å². The Morgan fingerprint density at radius 2 is 1.54 bits per heavy atom. The molecule has 0 saturated heterocycles. The Morgan fingerprint density at radius 1 is 1.06 bits per heavy atom. The van der Waals surface area contributed by atoms with Crippen molar-refractivity contribution in [2.45, 2.75) is 47.0 Å². The number of carbonyl (C=O) groups excluding carboxylic acids is 3. The molecule has 1 amide bonds. The number of ether oxygens (including phenoxy) is 2. The first-order chi connectivity index (χ1) is 16.2. The number of hydrogen-bond donors (Lipinski definition) is 0. The van der Waals surface area contributed by atoms with E-state index in [4.69, 9.17) is 14.9 Å². The molecule has 0 unspecified atom stereocenters. The van der Waals surface area contributed by atoms with Gasteiger partial charge in [0.25, 0.3) is 0 Å². The van der Waals surface area contributed by atoms with Gasteiger partial charge in [0.15, 0.2) is 10.4 Å². The van der Waals surface area contributed by atoms with E-state index in [9.17, 15) is 31.6 Å². The van der Waals surface area contributed by atoms with Crippen LogP contribution in [0, 0.1) is 10.8 Å². The largest absolute Gasteiger partial charge is 0.673 e. The quantitative estimate of drug-likeness (QED) is 0.102. The highest BCUT2D eigenvalue weighted by Gasteiger charge is 2.48. The average molecular weight is 503 g/mol. The van der Waals surface area contributed by atoms with E-state index in [1.165, 1.54) is 4.90 Å². The van der Waals surface area contributed by atoms with Crippen LogP contribution in [0.3, 0.4) is 0 Å². The molecule has 1 rings (SSSR count). The van der Waals surface area contributed by atoms with Crippen LogP contribution < -0.4 is 4.90 Å². The van der Waals surface area contributed by atoms with Gasteiger partial charge in [0, 0.05) is 19.5 Å². The standard InChI is InChI=1S/C22H30N3O5.BF4/c1-6-29-20(27)22(14-12-16(3)4,21(28)30-7-2)15-13-19(26)25(5)18-11-9-8-10-17(18)24-23;2-1(3,4)5/h8-12H,6-7,13-15H2,1-5H3;/q+1;-1. The highest BCUT2D eigenvalue weighted by Crippen LogP contribution is 2.35. The van der Waals surface area contributed by atoms with Crippen molar-refractivity contribution in [3.05, 3.63) is 40.9 Å². The van der Waals surface area contributed by atoms with Gasteiger partial charge in [-0.2, -0.15) is 0 Å². The number of benzene rings is 1. The topological polar surface area (TPSA) is 101 Å². The van der Waals surface area contributed by atoms with Crippen LogP contribution in [0.25, 0.3) is 4.98 Å².